The number of aryl methyl sites for hydroxylation is 1. The molecule has 0 aliphatic rings. The predicted molar refractivity (Wildman–Crippen MR) is 94.0 cm³/mol. The third-order valence-corrected chi connectivity index (χ3v) is 4.20. The van der Waals surface area contributed by atoms with Crippen LogP contribution in [0, 0.1) is 25.2 Å². The van der Waals surface area contributed by atoms with Crippen molar-refractivity contribution in [2.75, 3.05) is 6.54 Å². The van der Waals surface area contributed by atoms with E-state index in [4.69, 9.17) is 5.26 Å². The van der Waals surface area contributed by atoms with E-state index in [-0.39, 0.29) is 24.4 Å². The number of hydrogen-bond acceptors (Lipinski definition) is 4. The third-order valence-electron chi connectivity index (χ3n) is 4.20. The summed E-state index contributed by atoms with van der Waals surface area (Å²) in [5.74, 6) is -0.196. The number of aliphatic hydroxyl groups is 1. The molecule has 0 saturated heterocycles. The molecule has 0 aliphatic heterocycles. The summed E-state index contributed by atoms with van der Waals surface area (Å²) in [6.07, 6.45) is -0.136. The van der Waals surface area contributed by atoms with Gasteiger partial charge in [-0.2, -0.15) is 5.26 Å². The minimum Gasteiger partial charge on any atom is -0.387 e. The first-order chi connectivity index (χ1) is 11.9. The highest BCUT2D eigenvalue weighted by atomic mass is 16.3. The van der Waals surface area contributed by atoms with Gasteiger partial charge in [-0.1, -0.05) is 30.3 Å². The van der Waals surface area contributed by atoms with E-state index in [2.05, 4.69) is 10.3 Å². The number of aromatic amines is 1. The van der Waals surface area contributed by atoms with Crippen molar-refractivity contribution in [3.8, 4) is 6.07 Å². The number of aromatic nitrogens is 1. The molecule has 6 nitrogen and oxygen atoms in total. The van der Waals surface area contributed by atoms with Crippen LogP contribution in [0.1, 0.15) is 40.5 Å². The number of H-pyrrole nitrogens is 1. The van der Waals surface area contributed by atoms with Crippen molar-refractivity contribution in [2.45, 2.75) is 32.8 Å². The van der Waals surface area contributed by atoms with Gasteiger partial charge in [0.1, 0.15) is 11.6 Å². The van der Waals surface area contributed by atoms with E-state index in [1.54, 1.807) is 26.0 Å². The Bertz CT molecular complexity index is 851. The minimum absolute atomic E-state index is 0.0838. The second kappa shape index (κ2) is 8.27. The predicted octanol–water partition coefficient (Wildman–Crippen LogP) is 1.65. The summed E-state index contributed by atoms with van der Waals surface area (Å²) in [6.45, 7) is 3.60. The second-order valence-corrected chi connectivity index (χ2v) is 5.90. The lowest BCUT2D eigenvalue weighted by Gasteiger charge is -2.13. The molecule has 0 saturated carbocycles. The van der Waals surface area contributed by atoms with E-state index in [0.717, 1.165) is 11.1 Å². The number of nitriles is 1. The Hall–Kier alpha value is -2.91. The third kappa shape index (κ3) is 4.55. The maximum Gasteiger partial charge on any atom is 0.266 e. The van der Waals surface area contributed by atoms with Crippen LogP contribution in [0.25, 0.3) is 0 Å². The van der Waals surface area contributed by atoms with Crippen molar-refractivity contribution in [3.63, 3.8) is 0 Å². The molecule has 1 atom stereocenters. The van der Waals surface area contributed by atoms with Crippen molar-refractivity contribution >= 4 is 5.91 Å². The van der Waals surface area contributed by atoms with Gasteiger partial charge >= 0.3 is 0 Å². The largest absolute Gasteiger partial charge is 0.387 e. The maximum atomic E-state index is 12.0. The lowest BCUT2D eigenvalue weighted by Crippen LogP contribution is -2.28. The van der Waals surface area contributed by atoms with E-state index in [1.165, 1.54) is 0 Å². The van der Waals surface area contributed by atoms with E-state index >= 15 is 0 Å². The van der Waals surface area contributed by atoms with Gasteiger partial charge in [0, 0.05) is 18.7 Å². The highest BCUT2D eigenvalue weighted by Gasteiger charge is 2.14. The van der Waals surface area contributed by atoms with Gasteiger partial charge in [0.15, 0.2) is 0 Å². The normalized spacial score (nSPS) is 11.6. The molecule has 0 aliphatic carbocycles. The van der Waals surface area contributed by atoms with Crippen molar-refractivity contribution in [1.29, 1.82) is 5.26 Å². The average molecular weight is 339 g/mol. The van der Waals surface area contributed by atoms with Gasteiger partial charge in [-0.25, -0.2) is 0 Å². The molecule has 25 heavy (non-hydrogen) atoms. The van der Waals surface area contributed by atoms with Crippen LogP contribution in [0.5, 0.6) is 0 Å². The first-order valence-electron chi connectivity index (χ1n) is 8.06. The van der Waals surface area contributed by atoms with E-state index < -0.39 is 11.7 Å². The molecule has 2 rings (SSSR count). The van der Waals surface area contributed by atoms with Crippen LogP contribution in [-0.2, 0) is 11.2 Å². The standard InChI is InChI=1S/C19H21N3O3/c1-12-15(13(2)22-19(25)16(12)10-20)8-9-18(24)21-11-17(23)14-6-4-3-5-7-14/h3-7,17,23H,8-9,11H2,1-2H3,(H,21,24)(H,22,25)/t17-/m1/s1. The number of hydrogen-bond donors (Lipinski definition) is 3. The van der Waals surface area contributed by atoms with Crippen molar-refractivity contribution in [2.24, 2.45) is 0 Å². The van der Waals surface area contributed by atoms with Gasteiger partial charge in [-0.15, -0.1) is 0 Å². The summed E-state index contributed by atoms with van der Waals surface area (Å²) in [5, 5.41) is 21.8. The number of nitrogens with zero attached hydrogens (tertiary/aromatic N) is 1. The Morgan fingerprint density at radius 3 is 2.64 bits per heavy atom. The first-order valence-corrected chi connectivity index (χ1v) is 8.06. The van der Waals surface area contributed by atoms with E-state index in [1.807, 2.05) is 24.3 Å². The summed E-state index contributed by atoms with van der Waals surface area (Å²) in [5.41, 5.74) is 2.50. The van der Waals surface area contributed by atoms with Gasteiger partial charge in [0.05, 0.1) is 6.10 Å². The van der Waals surface area contributed by atoms with E-state index in [0.29, 0.717) is 17.7 Å². The maximum absolute atomic E-state index is 12.0. The molecule has 1 aromatic carbocycles. The smallest absolute Gasteiger partial charge is 0.266 e. The molecule has 0 fully saturated rings. The number of aliphatic hydroxyl groups excluding tert-OH is 1. The number of rotatable bonds is 6. The number of carbonyl (C=O) groups excluding carboxylic acids is 1. The summed E-state index contributed by atoms with van der Waals surface area (Å²) in [7, 11) is 0. The Balaban J connectivity index is 1.95. The van der Waals surface area contributed by atoms with Crippen LogP contribution in [0.2, 0.25) is 0 Å². The van der Waals surface area contributed by atoms with Crippen molar-refractivity contribution in [3.05, 3.63) is 68.6 Å². The summed E-state index contributed by atoms with van der Waals surface area (Å²) < 4.78 is 0. The Morgan fingerprint density at radius 1 is 1.32 bits per heavy atom. The zero-order chi connectivity index (χ0) is 18.4. The Labute approximate surface area is 146 Å². The number of benzene rings is 1. The highest BCUT2D eigenvalue weighted by molar-refractivity contribution is 5.76. The molecule has 1 amide bonds. The summed E-state index contributed by atoms with van der Waals surface area (Å²) in [6, 6.07) is 11.0. The first kappa shape index (κ1) is 18.4. The number of carbonyl (C=O) groups is 1. The van der Waals surface area contributed by atoms with Gasteiger partial charge in [-0.3, -0.25) is 9.59 Å². The zero-order valence-corrected chi connectivity index (χ0v) is 14.3. The fraction of sp³-hybridized carbons (Fsp3) is 0.316. The molecular weight excluding hydrogens is 318 g/mol. The van der Waals surface area contributed by atoms with Crippen LogP contribution < -0.4 is 10.9 Å². The second-order valence-electron chi connectivity index (χ2n) is 5.90. The lowest BCUT2D eigenvalue weighted by atomic mass is 9.99. The van der Waals surface area contributed by atoms with Crippen molar-refractivity contribution in [1.82, 2.24) is 10.3 Å². The zero-order valence-electron chi connectivity index (χ0n) is 14.3. The van der Waals surface area contributed by atoms with Gasteiger partial charge in [0.2, 0.25) is 5.91 Å². The molecule has 1 heterocycles. The Kier molecular flexibility index (Phi) is 6.09. The van der Waals surface area contributed by atoms with Gasteiger partial charge < -0.3 is 15.4 Å². The monoisotopic (exact) mass is 339 g/mol. The number of pyridine rings is 1. The molecule has 0 unspecified atom stereocenters. The van der Waals surface area contributed by atoms with E-state index in [9.17, 15) is 14.7 Å². The summed E-state index contributed by atoms with van der Waals surface area (Å²) in [4.78, 5) is 26.4. The van der Waals surface area contributed by atoms with Crippen LogP contribution in [0.3, 0.4) is 0 Å². The molecular formula is C19H21N3O3. The fourth-order valence-electron chi connectivity index (χ4n) is 2.75. The molecule has 0 spiro atoms. The molecule has 0 radical (unpaired) electrons. The number of nitrogens with one attached hydrogen (secondary N) is 2. The topological polar surface area (TPSA) is 106 Å². The molecule has 2 aromatic rings. The Morgan fingerprint density at radius 2 is 2.00 bits per heavy atom. The number of amides is 1. The SMILES string of the molecule is Cc1[nH]c(=O)c(C#N)c(C)c1CCC(=O)NC[C@@H](O)c1ccccc1. The minimum atomic E-state index is -0.758. The highest BCUT2D eigenvalue weighted by Crippen LogP contribution is 2.15. The molecule has 1 aromatic heterocycles. The average Bonchev–Trinajstić information content (AvgIpc) is 2.60. The lowest BCUT2D eigenvalue weighted by molar-refractivity contribution is -0.121. The van der Waals surface area contributed by atoms with Crippen LogP contribution >= 0.6 is 0 Å². The quantitative estimate of drug-likeness (QED) is 0.744. The molecule has 0 bridgehead atoms. The van der Waals surface area contributed by atoms with Gasteiger partial charge in [-0.05, 0) is 37.0 Å². The van der Waals surface area contributed by atoms with Crippen LogP contribution in [0.15, 0.2) is 35.1 Å². The summed E-state index contributed by atoms with van der Waals surface area (Å²) >= 11 is 0. The molecule has 6 heteroatoms. The van der Waals surface area contributed by atoms with Crippen LogP contribution in [-0.4, -0.2) is 22.5 Å². The molecule has 3 N–H and O–H groups in total. The van der Waals surface area contributed by atoms with Crippen LogP contribution in [0.4, 0.5) is 0 Å². The van der Waals surface area contributed by atoms with Crippen molar-refractivity contribution < 1.29 is 9.90 Å². The van der Waals surface area contributed by atoms with Gasteiger partial charge in [0.25, 0.3) is 5.56 Å². The fourth-order valence-corrected chi connectivity index (χ4v) is 2.75. The molecule has 130 valence electrons.